The largest absolute Gasteiger partial charge is 0.273 e. The van der Waals surface area contributed by atoms with E-state index in [1.54, 1.807) is 26.0 Å². The van der Waals surface area contributed by atoms with Crippen molar-refractivity contribution in [1.82, 2.24) is 9.97 Å². The fraction of sp³-hybridized carbons (Fsp3) is 0.200. The van der Waals surface area contributed by atoms with Gasteiger partial charge in [0.2, 0.25) is 5.95 Å². The summed E-state index contributed by atoms with van der Waals surface area (Å²) in [5.41, 5.74) is 1.43. The molecule has 5 nitrogen and oxygen atoms in total. The molecular weight excluding hydrogens is 338 g/mol. The van der Waals surface area contributed by atoms with Crippen molar-refractivity contribution in [1.29, 1.82) is 0 Å². The number of rotatable bonds is 3. The molecule has 0 aliphatic carbocycles. The van der Waals surface area contributed by atoms with E-state index in [9.17, 15) is 8.42 Å². The maximum atomic E-state index is 12.0. The summed E-state index contributed by atoms with van der Waals surface area (Å²) < 4.78 is 27.4. The number of hydrogen-bond acceptors (Lipinski definition) is 5. The zero-order chi connectivity index (χ0) is 13.3. The average molecular weight is 348 g/mol. The van der Waals surface area contributed by atoms with Gasteiger partial charge in [0, 0.05) is 11.4 Å². The van der Waals surface area contributed by atoms with Crippen LogP contribution >= 0.6 is 27.3 Å². The molecule has 0 aliphatic rings. The molecule has 96 valence electrons. The Balaban J connectivity index is 2.33. The molecule has 18 heavy (non-hydrogen) atoms. The van der Waals surface area contributed by atoms with Crippen LogP contribution in [-0.2, 0) is 10.0 Å². The first-order valence-electron chi connectivity index (χ1n) is 4.97. The molecule has 2 aromatic heterocycles. The van der Waals surface area contributed by atoms with E-state index in [0.29, 0.717) is 11.4 Å². The fourth-order valence-corrected chi connectivity index (χ4v) is 4.34. The number of anilines is 1. The lowest BCUT2D eigenvalue weighted by Gasteiger charge is -2.05. The standard InChI is InChI=1S/C10H10BrN3O2S2/c1-6-5-7(2)13-10(12-6)14-18(15,16)9-4-3-8(11)17-9/h3-5H,1-2H3,(H,12,13,14). The van der Waals surface area contributed by atoms with Gasteiger partial charge in [-0.15, -0.1) is 11.3 Å². The van der Waals surface area contributed by atoms with Crippen molar-refractivity contribution < 1.29 is 8.42 Å². The number of sulfonamides is 1. The van der Waals surface area contributed by atoms with Crippen LogP contribution in [0, 0.1) is 13.8 Å². The molecule has 0 aliphatic heterocycles. The number of halogens is 1. The molecular formula is C10H10BrN3O2S2. The highest BCUT2D eigenvalue weighted by molar-refractivity contribution is 9.11. The lowest BCUT2D eigenvalue weighted by molar-refractivity contribution is 0.602. The van der Waals surface area contributed by atoms with Crippen LogP contribution in [-0.4, -0.2) is 18.4 Å². The molecule has 0 radical (unpaired) electrons. The van der Waals surface area contributed by atoms with Gasteiger partial charge in [0.1, 0.15) is 4.21 Å². The number of thiophene rings is 1. The van der Waals surface area contributed by atoms with Crippen LogP contribution in [0.15, 0.2) is 26.2 Å². The van der Waals surface area contributed by atoms with Crippen molar-refractivity contribution >= 4 is 43.2 Å². The van der Waals surface area contributed by atoms with Gasteiger partial charge in [-0.05, 0) is 48.0 Å². The second-order valence-corrected chi connectivity index (χ2v) is 8.01. The maximum absolute atomic E-state index is 12.0. The molecule has 2 aromatic rings. The van der Waals surface area contributed by atoms with E-state index in [1.165, 1.54) is 6.07 Å². The minimum absolute atomic E-state index is 0.0945. The zero-order valence-corrected chi connectivity index (χ0v) is 12.9. The zero-order valence-electron chi connectivity index (χ0n) is 9.64. The van der Waals surface area contributed by atoms with E-state index in [1.807, 2.05) is 0 Å². The summed E-state index contributed by atoms with van der Waals surface area (Å²) in [4.78, 5) is 8.09. The molecule has 0 fully saturated rings. The molecule has 0 atom stereocenters. The predicted octanol–water partition coefficient (Wildman–Crippen LogP) is 2.72. The highest BCUT2D eigenvalue weighted by Crippen LogP contribution is 2.27. The van der Waals surface area contributed by atoms with Gasteiger partial charge in [-0.3, -0.25) is 0 Å². The van der Waals surface area contributed by atoms with Crippen LogP contribution < -0.4 is 4.72 Å². The van der Waals surface area contributed by atoms with Gasteiger partial charge in [-0.25, -0.2) is 23.1 Å². The number of aryl methyl sites for hydroxylation is 2. The molecule has 0 spiro atoms. The predicted molar refractivity (Wildman–Crippen MR) is 74.3 cm³/mol. The summed E-state index contributed by atoms with van der Waals surface area (Å²) in [6.45, 7) is 3.57. The van der Waals surface area contributed by atoms with Gasteiger partial charge < -0.3 is 0 Å². The van der Waals surface area contributed by atoms with Crippen molar-refractivity contribution in [3.8, 4) is 0 Å². The number of nitrogens with zero attached hydrogens (tertiary/aromatic N) is 2. The number of aromatic nitrogens is 2. The Bertz CT molecular complexity index is 662. The van der Waals surface area contributed by atoms with Crippen molar-refractivity contribution in [3.63, 3.8) is 0 Å². The van der Waals surface area contributed by atoms with Crippen LogP contribution in [0.3, 0.4) is 0 Å². The fourth-order valence-electron chi connectivity index (χ4n) is 1.38. The third kappa shape index (κ3) is 3.06. The Kier molecular flexibility index (Phi) is 3.69. The number of nitrogens with one attached hydrogen (secondary N) is 1. The summed E-state index contributed by atoms with van der Waals surface area (Å²) in [5, 5.41) is 0. The van der Waals surface area contributed by atoms with Gasteiger partial charge in [-0.1, -0.05) is 0 Å². The van der Waals surface area contributed by atoms with E-state index in [2.05, 4.69) is 30.6 Å². The van der Waals surface area contributed by atoms with Crippen LogP contribution in [0.1, 0.15) is 11.4 Å². The van der Waals surface area contributed by atoms with Crippen LogP contribution in [0.2, 0.25) is 0 Å². The van der Waals surface area contributed by atoms with Crippen molar-refractivity contribution in [2.75, 3.05) is 4.72 Å². The Morgan fingerprint density at radius 3 is 2.33 bits per heavy atom. The van der Waals surface area contributed by atoms with Crippen LogP contribution in [0.4, 0.5) is 5.95 Å². The maximum Gasteiger partial charge on any atom is 0.273 e. The van der Waals surface area contributed by atoms with E-state index >= 15 is 0 Å². The average Bonchev–Trinajstić information content (AvgIpc) is 2.62. The molecule has 0 amide bonds. The smallest absolute Gasteiger partial charge is 0.246 e. The SMILES string of the molecule is Cc1cc(C)nc(NS(=O)(=O)c2ccc(Br)s2)n1. The van der Waals surface area contributed by atoms with Gasteiger partial charge in [0.25, 0.3) is 10.0 Å². The van der Waals surface area contributed by atoms with Crippen molar-refractivity contribution in [3.05, 3.63) is 33.4 Å². The topological polar surface area (TPSA) is 72.0 Å². The highest BCUT2D eigenvalue weighted by atomic mass is 79.9. The van der Waals surface area contributed by atoms with Crippen molar-refractivity contribution in [2.45, 2.75) is 18.1 Å². The Hall–Kier alpha value is -0.990. The van der Waals surface area contributed by atoms with E-state index in [4.69, 9.17) is 0 Å². The summed E-state index contributed by atoms with van der Waals surface area (Å²) in [5.74, 6) is 0.0945. The lowest BCUT2D eigenvalue weighted by Crippen LogP contribution is -2.14. The molecule has 8 heteroatoms. The van der Waals surface area contributed by atoms with E-state index in [0.717, 1.165) is 15.1 Å². The van der Waals surface area contributed by atoms with Crippen LogP contribution in [0.25, 0.3) is 0 Å². The van der Waals surface area contributed by atoms with Crippen molar-refractivity contribution in [2.24, 2.45) is 0 Å². The summed E-state index contributed by atoms with van der Waals surface area (Å²) in [6, 6.07) is 4.99. The quantitative estimate of drug-likeness (QED) is 0.926. The third-order valence-electron chi connectivity index (χ3n) is 2.02. The van der Waals surface area contributed by atoms with Gasteiger partial charge >= 0.3 is 0 Å². The third-order valence-corrected chi connectivity index (χ3v) is 5.46. The Morgan fingerprint density at radius 1 is 1.22 bits per heavy atom. The second kappa shape index (κ2) is 4.94. The molecule has 1 N–H and O–H groups in total. The first kappa shape index (κ1) is 13.4. The summed E-state index contributed by atoms with van der Waals surface area (Å²) in [7, 11) is -3.61. The van der Waals surface area contributed by atoms with Crippen LogP contribution in [0.5, 0.6) is 0 Å². The van der Waals surface area contributed by atoms with Gasteiger partial charge in [-0.2, -0.15) is 0 Å². The molecule has 2 rings (SSSR count). The molecule has 0 saturated heterocycles. The first-order chi connectivity index (χ1) is 8.37. The molecule has 0 unspecified atom stereocenters. The molecule has 0 aromatic carbocycles. The monoisotopic (exact) mass is 347 g/mol. The minimum Gasteiger partial charge on any atom is -0.246 e. The summed E-state index contributed by atoms with van der Waals surface area (Å²) in [6.07, 6.45) is 0. The van der Waals surface area contributed by atoms with E-state index in [-0.39, 0.29) is 10.2 Å². The molecule has 2 heterocycles. The lowest BCUT2D eigenvalue weighted by atomic mass is 10.4. The minimum atomic E-state index is -3.61. The van der Waals surface area contributed by atoms with E-state index < -0.39 is 10.0 Å². The Labute approximate surface area is 117 Å². The number of hydrogen-bond donors (Lipinski definition) is 1. The second-order valence-electron chi connectivity index (χ2n) is 3.64. The first-order valence-corrected chi connectivity index (χ1v) is 8.06. The molecule has 0 saturated carbocycles. The highest BCUT2D eigenvalue weighted by Gasteiger charge is 2.18. The Morgan fingerprint density at radius 2 is 1.83 bits per heavy atom. The van der Waals surface area contributed by atoms with Gasteiger partial charge in [0.05, 0.1) is 3.79 Å². The summed E-state index contributed by atoms with van der Waals surface area (Å²) >= 11 is 4.36. The van der Waals surface area contributed by atoms with Gasteiger partial charge in [0.15, 0.2) is 0 Å². The normalized spacial score (nSPS) is 11.5. The molecule has 0 bridgehead atoms.